The number of ether oxygens (including phenoxy) is 1. The molecule has 2 amide bonds. The first-order valence-electron chi connectivity index (χ1n) is 10.5. The maximum Gasteiger partial charge on any atom is 0.414 e. The third-order valence-electron chi connectivity index (χ3n) is 5.46. The van der Waals surface area contributed by atoms with Gasteiger partial charge in [0.15, 0.2) is 17.4 Å². The zero-order valence-electron chi connectivity index (χ0n) is 18.0. The van der Waals surface area contributed by atoms with Crippen LogP contribution in [0.4, 0.5) is 25.0 Å². The van der Waals surface area contributed by atoms with Gasteiger partial charge in [0, 0.05) is 31.6 Å². The predicted molar refractivity (Wildman–Crippen MR) is 112 cm³/mol. The van der Waals surface area contributed by atoms with Gasteiger partial charge in [-0.1, -0.05) is 0 Å². The smallest absolute Gasteiger partial charge is 0.414 e. The molecule has 0 radical (unpaired) electrons. The van der Waals surface area contributed by atoms with E-state index in [4.69, 9.17) is 14.0 Å². The van der Waals surface area contributed by atoms with E-state index in [1.807, 2.05) is 0 Å². The van der Waals surface area contributed by atoms with Gasteiger partial charge in [-0.25, -0.2) is 18.6 Å². The fourth-order valence-corrected chi connectivity index (χ4v) is 3.81. The first-order valence-corrected chi connectivity index (χ1v) is 10.5. The number of ketones is 1. The van der Waals surface area contributed by atoms with E-state index in [2.05, 4.69) is 0 Å². The van der Waals surface area contributed by atoms with Gasteiger partial charge < -0.3 is 18.8 Å². The lowest BCUT2D eigenvalue weighted by molar-refractivity contribution is -0.117. The van der Waals surface area contributed by atoms with Gasteiger partial charge in [0.05, 0.1) is 31.6 Å². The van der Waals surface area contributed by atoms with Crippen molar-refractivity contribution in [1.29, 1.82) is 0 Å². The molecule has 1 aromatic carbocycles. The number of furan rings is 1. The van der Waals surface area contributed by atoms with E-state index >= 15 is 0 Å². The first kappa shape index (κ1) is 22.7. The van der Waals surface area contributed by atoms with Crippen LogP contribution in [-0.2, 0) is 14.4 Å². The van der Waals surface area contributed by atoms with Crippen LogP contribution in [-0.4, -0.2) is 61.7 Å². The molecular weight excluding hydrogens is 440 g/mol. The number of benzene rings is 1. The minimum atomic E-state index is -0.851. The maximum absolute atomic E-state index is 15.0. The van der Waals surface area contributed by atoms with Crippen LogP contribution >= 0.6 is 0 Å². The molecule has 2 fully saturated rings. The summed E-state index contributed by atoms with van der Waals surface area (Å²) in [5, 5.41) is 1.10. The molecule has 2 aromatic rings. The second-order valence-electron chi connectivity index (χ2n) is 7.82. The summed E-state index contributed by atoms with van der Waals surface area (Å²) in [6.45, 7) is 1.91. The number of carbonyl (C=O) groups is 3. The van der Waals surface area contributed by atoms with Gasteiger partial charge in [-0.15, -0.1) is 0 Å². The summed E-state index contributed by atoms with van der Waals surface area (Å²) in [4.78, 5) is 43.8. The Balaban J connectivity index is 1.46. The van der Waals surface area contributed by atoms with Crippen molar-refractivity contribution < 1.29 is 37.2 Å². The van der Waals surface area contributed by atoms with Crippen molar-refractivity contribution in [3.63, 3.8) is 0 Å². The molecule has 9 nitrogen and oxygen atoms in total. The molecule has 1 atom stereocenters. The molecule has 11 heteroatoms. The van der Waals surface area contributed by atoms with Gasteiger partial charge in [-0.2, -0.15) is 0 Å². The second-order valence-corrected chi connectivity index (χ2v) is 7.82. The van der Waals surface area contributed by atoms with Crippen molar-refractivity contribution in [3.05, 3.63) is 47.9 Å². The van der Waals surface area contributed by atoms with Gasteiger partial charge in [0.1, 0.15) is 17.6 Å². The largest absolute Gasteiger partial charge is 0.459 e. The van der Waals surface area contributed by atoms with E-state index in [0.29, 0.717) is 6.42 Å². The van der Waals surface area contributed by atoms with Crippen LogP contribution in [0.2, 0.25) is 0 Å². The molecule has 2 saturated heterocycles. The van der Waals surface area contributed by atoms with Crippen molar-refractivity contribution in [1.82, 2.24) is 5.06 Å². The summed E-state index contributed by atoms with van der Waals surface area (Å²) in [6.07, 6.45) is 0.731. The molecule has 0 saturated carbocycles. The second kappa shape index (κ2) is 9.57. The van der Waals surface area contributed by atoms with Crippen LogP contribution in [0.3, 0.4) is 0 Å². The lowest BCUT2D eigenvalue weighted by Crippen LogP contribution is -2.34. The molecule has 0 unspecified atom stereocenters. The number of amides is 2. The van der Waals surface area contributed by atoms with Crippen molar-refractivity contribution in [2.24, 2.45) is 0 Å². The van der Waals surface area contributed by atoms with E-state index < -0.39 is 29.7 Å². The molecule has 1 aromatic heterocycles. The Morgan fingerprint density at radius 1 is 1.15 bits per heavy atom. The standard InChI is InChI=1S/C22H23F2N3O6/c1-14(28)4-5-16-13-26(22(30)33-16)15-11-17(23)20(18(24)12-15)25-6-7-27(32-10-8-25)21(29)19-3-2-9-31-19/h2-3,9,11-12,16H,4-8,10,13H2,1H3/t16-/m0/s1. The van der Waals surface area contributed by atoms with Gasteiger partial charge in [0.2, 0.25) is 0 Å². The highest BCUT2D eigenvalue weighted by Gasteiger charge is 2.34. The maximum atomic E-state index is 15.0. The monoisotopic (exact) mass is 463 g/mol. The molecule has 176 valence electrons. The van der Waals surface area contributed by atoms with Crippen LogP contribution in [0.15, 0.2) is 34.9 Å². The van der Waals surface area contributed by atoms with Crippen LogP contribution in [0.1, 0.15) is 30.3 Å². The Labute approximate surface area is 188 Å². The summed E-state index contributed by atoms with van der Waals surface area (Å²) in [7, 11) is 0. The highest BCUT2D eigenvalue weighted by Crippen LogP contribution is 2.32. The summed E-state index contributed by atoms with van der Waals surface area (Å²) >= 11 is 0. The van der Waals surface area contributed by atoms with Crippen molar-refractivity contribution in [3.8, 4) is 0 Å². The summed E-state index contributed by atoms with van der Waals surface area (Å²) in [6, 6.07) is 5.22. The number of halogens is 2. The number of hydroxylamine groups is 2. The van der Waals surface area contributed by atoms with Crippen LogP contribution in [0, 0.1) is 11.6 Å². The Morgan fingerprint density at radius 2 is 1.91 bits per heavy atom. The quantitative estimate of drug-likeness (QED) is 0.650. The molecule has 0 bridgehead atoms. The topological polar surface area (TPSA) is 92.5 Å². The minimum absolute atomic E-state index is 0.0307. The number of hydrogen-bond donors (Lipinski definition) is 0. The highest BCUT2D eigenvalue weighted by atomic mass is 19.1. The number of Topliss-reactive ketones (excluding diaryl/α,β-unsaturated/α-hetero) is 1. The molecule has 0 aliphatic carbocycles. The molecule has 2 aliphatic rings. The van der Waals surface area contributed by atoms with E-state index in [0.717, 1.165) is 22.1 Å². The highest BCUT2D eigenvalue weighted by molar-refractivity contribution is 5.91. The molecule has 0 spiro atoms. The average Bonchev–Trinajstić information content (AvgIpc) is 3.36. The summed E-state index contributed by atoms with van der Waals surface area (Å²) in [5.74, 6) is -2.11. The Bertz CT molecular complexity index is 1020. The molecule has 3 heterocycles. The molecule has 0 N–H and O–H groups in total. The zero-order chi connectivity index (χ0) is 23.5. The molecular formula is C22H23F2N3O6. The fourth-order valence-electron chi connectivity index (χ4n) is 3.81. The number of carbonyl (C=O) groups excluding carboxylic acids is 3. The van der Waals surface area contributed by atoms with E-state index in [-0.39, 0.29) is 62.1 Å². The van der Waals surface area contributed by atoms with Gasteiger partial charge in [-0.05, 0) is 25.5 Å². The molecule has 33 heavy (non-hydrogen) atoms. The van der Waals surface area contributed by atoms with Crippen LogP contribution in [0.25, 0.3) is 0 Å². The van der Waals surface area contributed by atoms with Crippen LogP contribution in [0.5, 0.6) is 0 Å². The molecule has 4 rings (SSSR count). The Hall–Kier alpha value is -3.47. The van der Waals surface area contributed by atoms with Crippen molar-refractivity contribution >= 4 is 29.2 Å². The number of nitrogens with zero attached hydrogens (tertiary/aromatic N) is 3. The SMILES string of the molecule is CC(=O)CC[C@H]1CN(c2cc(F)c(N3CCON(C(=O)c4ccco4)CC3)c(F)c2)C(=O)O1. The zero-order valence-corrected chi connectivity index (χ0v) is 18.0. The van der Waals surface area contributed by atoms with Crippen molar-refractivity contribution in [2.45, 2.75) is 25.9 Å². The normalized spacial score (nSPS) is 18.9. The molecule has 2 aliphatic heterocycles. The lowest BCUT2D eigenvalue weighted by Gasteiger charge is -2.24. The van der Waals surface area contributed by atoms with Gasteiger partial charge in [0.25, 0.3) is 0 Å². The van der Waals surface area contributed by atoms with Gasteiger partial charge in [-0.3, -0.25) is 14.5 Å². The van der Waals surface area contributed by atoms with E-state index in [9.17, 15) is 23.2 Å². The fraction of sp³-hybridized carbons (Fsp3) is 0.409. The third-order valence-corrected chi connectivity index (χ3v) is 5.46. The third kappa shape index (κ3) is 4.98. The van der Waals surface area contributed by atoms with E-state index in [1.54, 1.807) is 6.07 Å². The number of rotatable bonds is 6. The Morgan fingerprint density at radius 3 is 2.58 bits per heavy atom. The first-order chi connectivity index (χ1) is 15.8. The van der Waals surface area contributed by atoms with Crippen LogP contribution < -0.4 is 9.80 Å². The van der Waals surface area contributed by atoms with Crippen molar-refractivity contribution in [2.75, 3.05) is 42.6 Å². The lowest BCUT2D eigenvalue weighted by atomic mass is 10.1. The minimum Gasteiger partial charge on any atom is -0.459 e. The number of anilines is 2. The predicted octanol–water partition coefficient (Wildman–Crippen LogP) is 3.15. The van der Waals surface area contributed by atoms with E-state index in [1.165, 1.54) is 24.2 Å². The number of hydrogen-bond acceptors (Lipinski definition) is 7. The average molecular weight is 463 g/mol. The summed E-state index contributed by atoms with van der Waals surface area (Å²) in [5.41, 5.74) is -0.236. The Kier molecular flexibility index (Phi) is 6.59. The number of cyclic esters (lactones) is 1. The van der Waals surface area contributed by atoms with Gasteiger partial charge >= 0.3 is 12.0 Å². The summed E-state index contributed by atoms with van der Waals surface area (Å²) < 4.78 is 40.3.